The van der Waals surface area contributed by atoms with Crippen LogP contribution in [0.15, 0.2) is 0 Å². The second-order valence-electron chi connectivity index (χ2n) is 3.04. The van der Waals surface area contributed by atoms with Crippen molar-refractivity contribution in [1.82, 2.24) is 0 Å². The van der Waals surface area contributed by atoms with Crippen LogP contribution in [-0.2, 0) is 0 Å². The van der Waals surface area contributed by atoms with Crippen molar-refractivity contribution in [2.24, 2.45) is 5.92 Å². The molecule has 78 valence electrons. The molecule has 0 saturated heterocycles. The van der Waals surface area contributed by atoms with Crippen LogP contribution >= 0.6 is 79.6 Å². The van der Waals surface area contributed by atoms with E-state index in [1.807, 2.05) is 0 Å². The molecule has 0 N–H and O–H groups in total. The molecule has 6 heteroatoms. The molecule has 1 rings (SSSR count). The molecule has 0 heterocycles. The van der Waals surface area contributed by atoms with Gasteiger partial charge in [-0.25, -0.2) is 0 Å². The zero-order valence-electron chi connectivity index (χ0n) is 6.44. The van der Waals surface area contributed by atoms with Crippen LogP contribution in [0.2, 0.25) is 0 Å². The smallest absolute Gasteiger partial charge is 0.0944 e. The Morgan fingerprint density at radius 2 is 1.00 bits per heavy atom. The summed E-state index contributed by atoms with van der Waals surface area (Å²) in [6.45, 7) is -0.310. The van der Waals surface area contributed by atoms with Crippen molar-refractivity contribution in [3.63, 3.8) is 0 Å². The lowest BCUT2D eigenvalue weighted by Gasteiger charge is -2.41. The topological polar surface area (TPSA) is 0 Å². The van der Waals surface area contributed by atoms with E-state index in [2.05, 4.69) is 79.6 Å². The Bertz CT molecular complexity index is 162. The molecule has 1 fully saturated rings. The van der Waals surface area contributed by atoms with Crippen LogP contribution in [0.25, 0.3) is 0 Å². The van der Waals surface area contributed by atoms with Gasteiger partial charge in [0.1, 0.15) is 0 Å². The maximum absolute atomic E-state index is 12.7. The zero-order chi connectivity index (χ0) is 10.2. The Morgan fingerprint density at radius 1 is 0.692 bits per heavy atom. The van der Waals surface area contributed by atoms with E-state index < -0.39 is 0 Å². The van der Waals surface area contributed by atoms with Gasteiger partial charge in [0.05, 0.1) is 6.67 Å². The molecular formula is C7H8Br5F. The van der Waals surface area contributed by atoms with Crippen LogP contribution in [0.1, 0.15) is 0 Å². The van der Waals surface area contributed by atoms with Gasteiger partial charge in [-0.3, -0.25) is 4.39 Å². The highest BCUT2D eigenvalue weighted by Crippen LogP contribution is 2.44. The minimum Gasteiger partial charge on any atom is -0.251 e. The predicted molar refractivity (Wildman–Crippen MR) is 73.0 cm³/mol. The van der Waals surface area contributed by atoms with E-state index in [4.69, 9.17) is 0 Å². The van der Waals surface area contributed by atoms with Gasteiger partial charge in [-0.15, -0.1) is 0 Å². The molecule has 0 amide bonds. The van der Waals surface area contributed by atoms with Crippen LogP contribution in [0.4, 0.5) is 4.39 Å². The van der Waals surface area contributed by atoms with Crippen LogP contribution in [0.5, 0.6) is 0 Å². The van der Waals surface area contributed by atoms with Gasteiger partial charge < -0.3 is 0 Å². The molecule has 1 aliphatic carbocycles. The lowest BCUT2D eigenvalue weighted by Crippen LogP contribution is -2.50. The van der Waals surface area contributed by atoms with Crippen molar-refractivity contribution in [3.8, 4) is 0 Å². The lowest BCUT2D eigenvalue weighted by atomic mass is 9.89. The Balaban J connectivity index is 2.79. The Morgan fingerprint density at radius 3 is 1.31 bits per heavy atom. The number of halogens is 6. The van der Waals surface area contributed by atoms with E-state index in [0.29, 0.717) is 4.83 Å². The molecule has 4 unspecified atom stereocenters. The van der Waals surface area contributed by atoms with Crippen LogP contribution in [0.3, 0.4) is 0 Å². The van der Waals surface area contributed by atoms with Crippen LogP contribution in [-0.4, -0.2) is 30.8 Å². The predicted octanol–water partition coefficient (Wildman–Crippen LogP) is 4.40. The highest BCUT2D eigenvalue weighted by Gasteiger charge is 2.46. The Hall–Kier alpha value is 2.33. The van der Waals surface area contributed by atoms with Crippen molar-refractivity contribution < 1.29 is 4.39 Å². The van der Waals surface area contributed by atoms with Crippen molar-refractivity contribution >= 4 is 79.6 Å². The maximum atomic E-state index is 12.7. The quantitative estimate of drug-likeness (QED) is 0.459. The fraction of sp³-hybridized carbons (Fsp3) is 1.00. The molecule has 0 aliphatic heterocycles. The second-order valence-corrected chi connectivity index (χ2v) is 8.33. The summed E-state index contributed by atoms with van der Waals surface area (Å²) < 4.78 is 12.7. The van der Waals surface area contributed by atoms with Crippen LogP contribution < -0.4 is 0 Å². The first kappa shape index (κ1) is 13.4. The summed E-state index contributed by atoms with van der Waals surface area (Å²) in [7, 11) is 0. The monoisotopic (exact) mass is 506 g/mol. The summed E-state index contributed by atoms with van der Waals surface area (Å²) in [6.07, 6.45) is 0. The molecule has 0 radical (unpaired) electrons. The molecule has 0 aromatic heterocycles. The van der Waals surface area contributed by atoms with Gasteiger partial charge in [0.2, 0.25) is 0 Å². The molecule has 4 atom stereocenters. The molecule has 0 bridgehead atoms. The third-order valence-electron chi connectivity index (χ3n) is 2.21. The van der Waals surface area contributed by atoms with Crippen molar-refractivity contribution in [3.05, 3.63) is 0 Å². The molecule has 1 aliphatic rings. The first-order valence-corrected chi connectivity index (χ1v) is 8.34. The van der Waals surface area contributed by atoms with E-state index >= 15 is 0 Å². The van der Waals surface area contributed by atoms with Gasteiger partial charge >= 0.3 is 0 Å². The van der Waals surface area contributed by atoms with E-state index in [1.54, 1.807) is 0 Å². The van der Waals surface area contributed by atoms with E-state index in [-0.39, 0.29) is 31.9 Å². The molecule has 13 heavy (non-hydrogen) atoms. The SMILES string of the molecule is FCC1C(Br)C(Br)C(Br)C(Br)C1Br. The normalized spacial score (nSPS) is 52.2. The summed E-state index contributed by atoms with van der Waals surface area (Å²) in [6, 6.07) is 0. The third-order valence-corrected chi connectivity index (χ3v) is 11.0. The van der Waals surface area contributed by atoms with E-state index in [9.17, 15) is 4.39 Å². The molecule has 0 spiro atoms. The summed E-state index contributed by atoms with van der Waals surface area (Å²) in [5.74, 6) is 0.00236. The van der Waals surface area contributed by atoms with E-state index in [0.717, 1.165) is 0 Å². The third kappa shape index (κ3) is 2.71. The number of hydrogen-bond donors (Lipinski definition) is 0. The Kier molecular flexibility index (Phi) is 5.77. The minimum absolute atomic E-state index is 0.00236. The maximum Gasteiger partial charge on any atom is 0.0944 e. The minimum atomic E-state index is -0.310. The number of alkyl halides is 6. The summed E-state index contributed by atoms with van der Waals surface area (Å²) in [4.78, 5) is 1.09. The number of hydrogen-bond acceptors (Lipinski definition) is 0. The Labute approximate surface area is 119 Å². The fourth-order valence-corrected chi connectivity index (χ4v) is 6.68. The first-order valence-electron chi connectivity index (χ1n) is 3.77. The molecule has 0 aromatic rings. The summed E-state index contributed by atoms with van der Waals surface area (Å²) in [5, 5.41) is 0. The average Bonchev–Trinajstić information content (AvgIpc) is 2.13. The average molecular weight is 511 g/mol. The first-order chi connectivity index (χ1) is 6.00. The van der Waals surface area contributed by atoms with Gasteiger partial charge in [0.25, 0.3) is 0 Å². The summed E-state index contributed by atoms with van der Waals surface area (Å²) in [5.41, 5.74) is 0. The van der Waals surface area contributed by atoms with Gasteiger partial charge in [-0.2, -0.15) is 0 Å². The van der Waals surface area contributed by atoms with Gasteiger partial charge in [0, 0.05) is 30.1 Å². The number of rotatable bonds is 1. The summed E-state index contributed by atoms with van der Waals surface area (Å²) >= 11 is 17.7. The van der Waals surface area contributed by atoms with Gasteiger partial charge in [-0.1, -0.05) is 79.6 Å². The fourth-order valence-electron chi connectivity index (χ4n) is 1.35. The van der Waals surface area contributed by atoms with Crippen LogP contribution in [0, 0.1) is 5.92 Å². The van der Waals surface area contributed by atoms with Gasteiger partial charge in [-0.05, 0) is 0 Å². The standard InChI is InChI=1S/C7H8Br5F/c8-3-2(1-13)4(9)6(11)7(12)5(3)10/h2-7H,1H2. The molecular weight excluding hydrogens is 503 g/mol. The highest BCUT2D eigenvalue weighted by atomic mass is 79.9. The molecule has 1 saturated carbocycles. The van der Waals surface area contributed by atoms with Crippen molar-refractivity contribution in [2.45, 2.75) is 24.1 Å². The zero-order valence-corrected chi connectivity index (χ0v) is 14.4. The largest absolute Gasteiger partial charge is 0.251 e. The van der Waals surface area contributed by atoms with E-state index in [1.165, 1.54) is 0 Å². The molecule has 0 nitrogen and oxygen atoms in total. The second kappa shape index (κ2) is 5.60. The van der Waals surface area contributed by atoms with Gasteiger partial charge in [0.15, 0.2) is 0 Å². The molecule has 0 aromatic carbocycles. The van der Waals surface area contributed by atoms with Crippen molar-refractivity contribution in [2.75, 3.05) is 6.67 Å². The van der Waals surface area contributed by atoms with Crippen molar-refractivity contribution in [1.29, 1.82) is 0 Å². The lowest BCUT2D eigenvalue weighted by molar-refractivity contribution is 0.320. The highest BCUT2D eigenvalue weighted by molar-refractivity contribution is 9.15.